The summed E-state index contributed by atoms with van der Waals surface area (Å²) in [6.07, 6.45) is 16.0. The first-order chi connectivity index (χ1) is 15.6. The minimum Gasteiger partial charge on any atom is -0.393 e. The molecule has 5 atom stereocenters. The van der Waals surface area contributed by atoms with E-state index in [2.05, 4.69) is 31.7 Å². The van der Waals surface area contributed by atoms with Gasteiger partial charge in [-0.2, -0.15) is 0 Å². The Morgan fingerprint density at radius 1 is 1.24 bits per heavy atom. The lowest BCUT2D eigenvalue weighted by molar-refractivity contribution is 0.158. The predicted molar refractivity (Wildman–Crippen MR) is 140 cm³/mol. The molecule has 2 saturated carbocycles. The highest BCUT2D eigenvalue weighted by Crippen LogP contribution is 2.56. The van der Waals surface area contributed by atoms with Crippen molar-refractivity contribution >= 4 is 9.84 Å². The second-order valence-corrected chi connectivity index (χ2v) is 14.9. The van der Waals surface area contributed by atoms with E-state index >= 15 is 4.39 Å². The number of aliphatic hydroxyl groups excluding tert-OH is 1. The molecule has 0 spiro atoms. The molecular formula is C29H43FO3S. The van der Waals surface area contributed by atoms with Crippen LogP contribution in [0.2, 0.25) is 0 Å². The van der Waals surface area contributed by atoms with E-state index in [-0.39, 0.29) is 17.4 Å². The van der Waals surface area contributed by atoms with E-state index in [0.29, 0.717) is 12.3 Å². The summed E-state index contributed by atoms with van der Waals surface area (Å²) in [5, 5.41) is 7.64. The molecule has 2 fully saturated rings. The fourth-order valence-corrected chi connectivity index (χ4v) is 7.52. The Kier molecular flexibility index (Phi) is 7.61. The van der Waals surface area contributed by atoms with Crippen LogP contribution in [0.5, 0.6) is 0 Å². The highest BCUT2D eigenvalue weighted by molar-refractivity contribution is 7.94. The van der Waals surface area contributed by atoms with Crippen LogP contribution in [0.3, 0.4) is 0 Å². The van der Waals surface area contributed by atoms with Crippen LogP contribution in [0, 0.1) is 17.3 Å². The summed E-state index contributed by atoms with van der Waals surface area (Å²) in [7, 11) is -3.98. The smallest absolute Gasteiger partial charge is 0.226 e. The van der Waals surface area contributed by atoms with Gasteiger partial charge in [0.1, 0.15) is 0 Å². The van der Waals surface area contributed by atoms with Gasteiger partial charge in [0.25, 0.3) is 0 Å². The van der Waals surface area contributed by atoms with Crippen molar-refractivity contribution in [3.8, 4) is 0 Å². The van der Waals surface area contributed by atoms with Crippen LogP contribution >= 0.6 is 0 Å². The van der Waals surface area contributed by atoms with E-state index in [1.165, 1.54) is 38.0 Å². The third-order valence-electron chi connectivity index (χ3n) is 8.30. The molecule has 5 unspecified atom stereocenters. The number of hydrogen-bond acceptors (Lipinski definition) is 3. The van der Waals surface area contributed by atoms with Crippen LogP contribution in [0.1, 0.15) is 86.5 Å². The van der Waals surface area contributed by atoms with Crippen molar-refractivity contribution in [1.29, 1.82) is 0 Å². The number of sulfone groups is 1. The normalized spacial score (nSPS) is 33.8. The van der Waals surface area contributed by atoms with Gasteiger partial charge in [-0.05, 0) is 102 Å². The Morgan fingerprint density at radius 2 is 1.91 bits per heavy atom. The summed E-state index contributed by atoms with van der Waals surface area (Å²) in [5.41, 5.74) is 4.99. The number of aliphatic hydroxyl groups is 1. The van der Waals surface area contributed by atoms with E-state index < -0.39 is 19.6 Å². The first-order valence-electron chi connectivity index (χ1n) is 12.7. The summed E-state index contributed by atoms with van der Waals surface area (Å²) in [6, 6.07) is 0. The molecule has 3 rings (SSSR count). The van der Waals surface area contributed by atoms with Crippen LogP contribution in [-0.2, 0) is 9.84 Å². The Bertz CT molecular complexity index is 1040. The van der Waals surface area contributed by atoms with Crippen molar-refractivity contribution in [2.75, 3.05) is 0 Å². The number of allylic oxidation sites excluding steroid dienone is 7. The van der Waals surface area contributed by atoms with E-state index in [1.807, 2.05) is 6.92 Å². The monoisotopic (exact) mass is 490 g/mol. The lowest BCUT2D eigenvalue weighted by atomic mass is 9.62. The number of alkyl halides is 1. The molecule has 0 saturated heterocycles. The Hall–Kier alpha value is -1.46. The molecule has 5 heteroatoms. The number of fused-ring (bicyclic) bond motifs is 1. The van der Waals surface area contributed by atoms with Gasteiger partial charge in [0, 0.05) is 0 Å². The van der Waals surface area contributed by atoms with Crippen LogP contribution < -0.4 is 0 Å². The van der Waals surface area contributed by atoms with Gasteiger partial charge >= 0.3 is 0 Å². The van der Waals surface area contributed by atoms with Crippen molar-refractivity contribution in [2.24, 2.45) is 17.3 Å². The predicted octanol–water partition coefficient (Wildman–Crippen LogP) is 7.17. The Morgan fingerprint density at radius 3 is 2.56 bits per heavy atom. The summed E-state index contributed by atoms with van der Waals surface area (Å²) < 4.78 is 39.6. The summed E-state index contributed by atoms with van der Waals surface area (Å²) in [4.78, 5) is 0. The molecule has 0 aromatic carbocycles. The van der Waals surface area contributed by atoms with Crippen molar-refractivity contribution in [1.82, 2.24) is 0 Å². The maximum atomic E-state index is 15.3. The van der Waals surface area contributed by atoms with Gasteiger partial charge in [-0.25, -0.2) is 12.8 Å². The second kappa shape index (κ2) is 9.54. The van der Waals surface area contributed by atoms with Gasteiger partial charge in [0.15, 0.2) is 9.84 Å². The summed E-state index contributed by atoms with van der Waals surface area (Å²) in [5.74, 6) is 0.368. The van der Waals surface area contributed by atoms with Crippen LogP contribution in [0.4, 0.5) is 4.39 Å². The molecule has 0 amide bonds. The molecule has 0 aromatic heterocycles. The highest BCUT2D eigenvalue weighted by atomic mass is 32.2. The SMILES string of the molecule is C=C1CCC(O)CC1=CC=C1CCCC2(C)C(C(C)C=CC(C)(F)S(=O)(=O)C(C)(C)C)=CCC12. The van der Waals surface area contributed by atoms with E-state index in [1.54, 1.807) is 6.08 Å². The number of hydrogen-bond donors (Lipinski definition) is 1. The zero-order chi connectivity index (χ0) is 25.5. The number of rotatable bonds is 5. The lowest BCUT2D eigenvalue weighted by Crippen LogP contribution is -2.41. The van der Waals surface area contributed by atoms with Gasteiger partial charge in [-0.15, -0.1) is 0 Å². The molecule has 190 valence electrons. The third kappa shape index (κ3) is 5.06. The Labute approximate surface area is 206 Å². The van der Waals surface area contributed by atoms with E-state index in [4.69, 9.17) is 0 Å². The maximum Gasteiger partial charge on any atom is 0.226 e. The molecule has 3 aliphatic rings. The first kappa shape index (κ1) is 27.1. The minimum atomic E-state index is -3.98. The molecule has 34 heavy (non-hydrogen) atoms. The highest BCUT2D eigenvalue weighted by Gasteiger charge is 2.47. The van der Waals surface area contributed by atoms with Crippen LogP contribution in [0.15, 0.2) is 59.3 Å². The molecule has 0 radical (unpaired) electrons. The van der Waals surface area contributed by atoms with Crippen molar-refractivity contribution < 1.29 is 17.9 Å². The van der Waals surface area contributed by atoms with Crippen molar-refractivity contribution in [3.63, 3.8) is 0 Å². The standard InChI is InChI=1S/C29H43FO3S/c1-20-10-13-24(31)19-23(20)12-11-22-9-8-17-28(6)25(14-15-26(22)28)21(2)16-18-29(7,30)34(32,33)27(3,4)5/h11-12,14,16,18,21,24,26,31H,1,8-10,13,15,17,19H2,2-7H3. The Balaban J connectivity index is 1.80. The van der Waals surface area contributed by atoms with Crippen LogP contribution in [-0.4, -0.2) is 29.4 Å². The fourth-order valence-electron chi connectivity index (χ4n) is 6.06. The van der Waals surface area contributed by atoms with Gasteiger partial charge in [0.05, 0.1) is 10.9 Å². The lowest BCUT2D eigenvalue weighted by Gasteiger charge is -2.42. The molecule has 0 heterocycles. The van der Waals surface area contributed by atoms with E-state index in [0.717, 1.165) is 56.6 Å². The topological polar surface area (TPSA) is 54.4 Å². The summed E-state index contributed by atoms with van der Waals surface area (Å²) in [6.45, 7) is 14.3. The molecule has 3 nitrogen and oxygen atoms in total. The average Bonchev–Trinajstić information content (AvgIpc) is 3.09. The van der Waals surface area contributed by atoms with Crippen molar-refractivity contribution in [2.45, 2.75) is 102 Å². The summed E-state index contributed by atoms with van der Waals surface area (Å²) >= 11 is 0. The van der Waals surface area contributed by atoms with Gasteiger partial charge < -0.3 is 5.11 Å². The zero-order valence-electron chi connectivity index (χ0n) is 21.8. The molecule has 0 bridgehead atoms. The quantitative estimate of drug-likeness (QED) is 0.416. The molecule has 1 N–H and O–H groups in total. The zero-order valence-corrected chi connectivity index (χ0v) is 22.6. The van der Waals surface area contributed by atoms with Gasteiger partial charge in [-0.3, -0.25) is 0 Å². The molecule has 0 aromatic rings. The third-order valence-corrected chi connectivity index (χ3v) is 11.1. The largest absolute Gasteiger partial charge is 0.393 e. The van der Waals surface area contributed by atoms with Crippen molar-refractivity contribution in [3.05, 3.63) is 59.3 Å². The van der Waals surface area contributed by atoms with Gasteiger partial charge in [0.2, 0.25) is 5.00 Å². The maximum absolute atomic E-state index is 15.3. The van der Waals surface area contributed by atoms with Gasteiger partial charge in [-0.1, -0.05) is 61.4 Å². The molecular weight excluding hydrogens is 447 g/mol. The molecule has 0 aliphatic heterocycles. The molecule has 3 aliphatic carbocycles. The first-order valence-corrected chi connectivity index (χ1v) is 14.2. The number of halogens is 1. The van der Waals surface area contributed by atoms with E-state index in [9.17, 15) is 13.5 Å². The minimum absolute atomic E-state index is 0.00888. The fraction of sp³-hybridized carbons (Fsp3) is 0.655. The van der Waals surface area contributed by atoms with Crippen LogP contribution in [0.25, 0.3) is 0 Å². The average molecular weight is 491 g/mol. The second-order valence-electron chi connectivity index (χ2n) is 11.9.